The Labute approximate surface area is 174 Å². The van der Waals surface area contributed by atoms with Gasteiger partial charge in [-0.05, 0) is 60.7 Å². The van der Waals surface area contributed by atoms with E-state index in [2.05, 4.69) is 36.9 Å². The van der Waals surface area contributed by atoms with Gasteiger partial charge in [0.2, 0.25) is 0 Å². The van der Waals surface area contributed by atoms with E-state index in [-0.39, 0.29) is 11.3 Å². The van der Waals surface area contributed by atoms with E-state index in [0.717, 1.165) is 19.3 Å². The summed E-state index contributed by atoms with van der Waals surface area (Å²) < 4.78 is 0. The Bertz CT molecular complexity index is 727. The van der Waals surface area contributed by atoms with Crippen LogP contribution in [0.15, 0.2) is 6.07 Å². The molecule has 0 bridgehead atoms. The predicted molar refractivity (Wildman–Crippen MR) is 114 cm³/mol. The Kier molecular flexibility index (Phi) is 7.77. The first kappa shape index (κ1) is 22.5. The van der Waals surface area contributed by atoms with Gasteiger partial charge >= 0.3 is 6.03 Å². The largest absolute Gasteiger partial charge is 0.352 e. The second-order valence-electron chi connectivity index (χ2n) is 8.15. The number of rotatable bonds is 6. The highest BCUT2D eigenvalue weighted by Gasteiger charge is 2.30. The van der Waals surface area contributed by atoms with Crippen molar-refractivity contribution in [1.82, 2.24) is 16.2 Å². The molecule has 1 heterocycles. The molecule has 7 nitrogen and oxygen atoms in total. The molecule has 0 fully saturated rings. The number of carbonyl (C=O) groups excluding carboxylic acids is 3. The van der Waals surface area contributed by atoms with Crippen LogP contribution in [0.25, 0.3) is 0 Å². The van der Waals surface area contributed by atoms with Crippen LogP contribution in [0, 0.1) is 11.3 Å². The number of amides is 4. The van der Waals surface area contributed by atoms with Crippen molar-refractivity contribution in [2.24, 2.45) is 17.1 Å². The van der Waals surface area contributed by atoms with Crippen LogP contribution in [0.1, 0.15) is 53.7 Å². The van der Waals surface area contributed by atoms with E-state index in [4.69, 9.17) is 5.73 Å². The summed E-state index contributed by atoms with van der Waals surface area (Å²) in [6, 6.07) is 0.382. The lowest BCUT2D eigenvalue weighted by Crippen LogP contribution is -2.53. The third-order valence-electron chi connectivity index (χ3n) is 5.07. The van der Waals surface area contributed by atoms with Crippen LogP contribution in [0.4, 0.5) is 4.79 Å². The highest BCUT2D eigenvalue weighted by Crippen LogP contribution is 2.40. The molecule has 0 saturated heterocycles. The number of aryl methyl sites for hydroxylation is 1. The Morgan fingerprint density at radius 2 is 2.04 bits per heavy atom. The monoisotopic (exact) mass is 426 g/mol. The quantitative estimate of drug-likeness (QED) is 0.523. The SMILES string of the molecule is CSCC[C@@H](NC(N)=O)C(=O)NNC(=O)c1cc2c(s1)CC[C@@H](C(C)(C)C)C2. The minimum atomic E-state index is -0.783. The molecule has 2 rings (SSSR count). The lowest BCUT2D eigenvalue weighted by atomic mass is 9.72. The van der Waals surface area contributed by atoms with Crippen LogP contribution in [-0.2, 0) is 17.6 Å². The summed E-state index contributed by atoms with van der Waals surface area (Å²) in [5.74, 6) is 0.444. The average Bonchev–Trinajstić information content (AvgIpc) is 3.05. The summed E-state index contributed by atoms with van der Waals surface area (Å²) in [6.45, 7) is 6.77. The van der Waals surface area contributed by atoms with E-state index in [0.29, 0.717) is 23.0 Å². The lowest BCUT2D eigenvalue weighted by molar-refractivity contribution is -0.123. The summed E-state index contributed by atoms with van der Waals surface area (Å²) in [5.41, 5.74) is 11.5. The Balaban J connectivity index is 1.95. The van der Waals surface area contributed by atoms with Crippen LogP contribution in [-0.4, -0.2) is 35.9 Å². The molecule has 1 aromatic heterocycles. The van der Waals surface area contributed by atoms with Gasteiger partial charge in [0.25, 0.3) is 11.8 Å². The molecule has 0 aromatic carbocycles. The normalized spacial score (nSPS) is 17.4. The maximum atomic E-state index is 12.5. The average molecular weight is 427 g/mol. The van der Waals surface area contributed by atoms with Gasteiger partial charge in [0.15, 0.2) is 0 Å². The van der Waals surface area contributed by atoms with Crippen LogP contribution in [0.5, 0.6) is 0 Å². The zero-order chi connectivity index (χ0) is 20.9. The second-order valence-corrected chi connectivity index (χ2v) is 10.3. The standard InChI is InChI=1S/C19H30N4O3S2/c1-19(2,3)12-5-6-14-11(9-12)10-15(28-14)17(25)23-22-16(24)13(7-8-27-4)21-18(20)26/h10,12-13H,5-9H2,1-4H3,(H,22,24)(H,23,25)(H3,20,21,26)/t12-,13-/m1/s1. The van der Waals surface area contributed by atoms with E-state index in [1.54, 1.807) is 11.8 Å². The van der Waals surface area contributed by atoms with Gasteiger partial charge in [0.1, 0.15) is 6.04 Å². The summed E-state index contributed by atoms with van der Waals surface area (Å²) in [5, 5.41) is 2.40. The Hall–Kier alpha value is -1.74. The molecule has 0 radical (unpaired) electrons. The molecule has 9 heteroatoms. The number of fused-ring (bicyclic) bond motifs is 1. The fourth-order valence-corrected chi connectivity index (χ4v) is 4.89. The van der Waals surface area contributed by atoms with Gasteiger partial charge < -0.3 is 11.1 Å². The van der Waals surface area contributed by atoms with E-state index in [9.17, 15) is 14.4 Å². The topological polar surface area (TPSA) is 113 Å². The van der Waals surface area contributed by atoms with E-state index < -0.39 is 18.0 Å². The minimum Gasteiger partial charge on any atom is -0.352 e. The highest BCUT2D eigenvalue weighted by atomic mass is 32.2. The molecule has 0 saturated carbocycles. The molecule has 0 spiro atoms. The van der Waals surface area contributed by atoms with Gasteiger partial charge in [-0.1, -0.05) is 20.8 Å². The predicted octanol–water partition coefficient (Wildman–Crippen LogP) is 2.45. The number of hydrogen-bond acceptors (Lipinski definition) is 5. The first-order chi connectivity index (χ1) is 13.1. The van der Waals surface area contributed by atoms with Gasteiger partial charge in [-0.3, -0.25) is 20.4 Å². The number of nitrogens with one attached hydrogen (secondary N) is 3. The summed E-state index contributed by atoms with van der Waals surface area (Å²) in [6.07, 6.45) is 5.43. The number of nitrogens with two attached hydrogens (primary N) is 1. The number of thioether (sulfide) groups is 1. The number of hydrogen-bond donors (Lipinski definition) is 4. The van der Waals surface area contributed by atoms with Gasteiger partial charge in [0.05, 0.1) is 4.88 Å². The van der Waals surface area contributed by atoms with Crippen LogP contribution in [0.2, 0.25) is 0 Å². The van der Waals surface area contributed by atoms with Crippen molar-refractivity contribution in [2.75, 3.05) is 12.0 Å². The molecule has 1 aliphatic carbocycles. The molecule has 1 aliphatic rings. The van der Waals surface area contributed by atoms with Crippen molar-refractivity contribution in [3.05, 3.63) is 21.4 Å². The molecule has 2 atom stereocenters. The smallest absolute Gasteiger partial charge is 0.312 e. The maximum Gasteiger partial charge on any atom is 0.312 e. The number of urea groups is 1. The van der Waals surface area contributed by atoms with Gasteiger partial charge in [-0.2, -0.15) is 11.8 Å². The van der Waals surface area contributed by atoms with Gasteiger partial charge in [-0.15, -0.1) is 11.3 Å². The zero-order valence-electron chi connectivity index (χ0n) is 16.9. The molecule has 156 valence electrons. The molecular weight excluding hydrogens is 396 g/mol. The third kappa shape index (κ3) is 6.13. The van der Waals surface area contributed by atoms with E-state index >= 15 is 0 Å². The zero-order valence-corrected chi connectivity index (χ0v) is 18.5. The summed E-state index contributed by atoms with van der Waals surface area (Å²) in [7, 11) is 0. The molecule has 0 unspecified atom stereocenters. The molecule has 28 heavy (non-hydrogen) atoms. The number of primary amides is 1. The lowest BCUT2D eigenvalue weighted by Gasteiger charge is -2.33. The van der Waals surface area contributed by atoms with Crippen LogP contribution < -0.4 is 21.9 Å². The Morgan fingerprint density at radius 1 is 1.32 bits per heavy atom. The first-order valence-corrected chi connectivity index (χ1v) is 11.6. The van der Waals surface area contributed by atoms with Gasteiger partial charge in [-0.25, -0.2) is 4.79 Å². The third-order valence-corrected chi connectivity index (χ3v) is 6.95. The molecule has 0 aliphatic heterocycles. The van der Waals surface area contributed by atoms with Crippen molar-refractivity contribution in [2.45, 2.75) is 52.5 Å². The van der Waals surface area contributed by atoms with Crippen LogP contribution in [0.3, 0.4) is 0 Å². The van der Waals surface area contributed by atoms with Crippen LogP contribution >= 0.6 is 23.1 Å². The van der Waals surface area contributed by atoms with Crippen molar-refractivity contribution in [3.8, 4) is 0 Å². The molecule has 4 amide bonds. The number of carbonyl (C=O) groups is 3. The Morgan fingerprint density at radius 3 is 2.64 bits per heavy atom. The number of hydrazine groups is 1. The minimum absolute atomic E-state index is 0.245. The maximum absolute atomic E-state index is 12.5. The molecule has 1 aromatic rings. The van der Waals surface area contributed by atoms with Gasteiger partial charge in [0, 0.05) is 4.88 Å². The van der Waals surface area contributed by atoms with Crippen molar-refractivity contribution in [3.63, 3.8) is 0 Å². The fraction of sp³-hybridized carbons (Fsp3) is 0.632. The highest BCUT2D eigenvalue weighted by molar-refractivity contribution is 7.98. The first-order valence-electron chi connectivity index (χ1n) is 9.38. The summed E-state index contributed by atoms with van der Waals surface area (Å²) in [4.78, 5) is 37.7. The van der Waals surface area contributed by atoms with Crippen molar-refractivity contribution in [1.29, 1.82) is 0 Å². The fourth-order valence-electron chi connectivity index (χ4n) is 3.32. The number of thiophene rings is 1. The van der Waals surface area contributed by atoms with Crippen molar-refractivity contribution < 1.29 is 14.4 Å². The molecule has 5 N–H and O–H groups in total. The molecular formula is C19H30N4O3S2. The van der Waals surface area contributed by atoms with E-state index in [1.165, 1.54) is 21.8 Å². The van der Waals surface area contributed by atoms with E-state index in [1.807, 2.05) is 12.3 Å². The van der Waals surface area contributed by atoms with Crippen molar-refractivity contribution >= 4 is 40.9 Å². The summed E-state index contributed by atoms with van der Waals surface area (Å²) >= 11 is 3.04. The second kappa shape index (κ2) is 9.65.